The number of halogens is 2. The van der Waals surface area contributed by atoms with E-state index in [1.165, 1.54) is 11.6 Å². The van der Waals surface area contributed by atoms with Crippen molar-refractivity contribution < 1.29 is 4.39 Å². The third kappa shape index (κ3) is 4.55. The Labute approximate surface area is 131 Å². The van der Waals surface area contributed by atoms with Gasteiger partial charge in [0.2, 0.25) is 0 Å². The van der Waals surface area contributed by atoms with Gasteiger partial charge >= 0.3 is 0 Å². The van der Waals surface area contributed by atoms with Crippen molar-refractivity contribution in [2.24, 2.45) is 0 Å². The number of benzene rings is 2. The van der Waals surface area contributed by atoms with Crippen LogP contribution in [0.1, 0.15) is 30.4 Å². The maximum absolute atomic E-state index is 13.9. The summed E-state index contributed by atoms with van der Waals surface area (Å²) < 4.78 is 13.9. The van der Waals surface area contributed by atoms with Crippen LogP contribution >= 0.6 is 11.6 Å². The second kappa shape index (κ2) is 8.16. The van der Waals surface area contributed by atoms with E-state index in [1.54, 1.807) is 12.1 Å². The second-order valence-corrected chi connectivity index (χ2v) is 5.56. The summed E-state index contributed by atoms with van der Waals surface area (Å²) in [5, 5.41) is 3.90. The zero-order valence-corrected chi connectivity index (χ0v) is 13.0. The topological polar surface area (TPSA) is 12.0 Å². The fraction of sp³-hybridized carbons (Fsp3) is 0.333. The smallest absolute Gasteiger partial charge is 0.127 e. The van der Waals surface area contributed by atoms with Gasteiger partial charge in [-0.05, 0) is 43.0 Å². The molecule has 0 aromatic heterocycles. The van der Waals surface area contributed by atoms with Gasteiger partial charge in [-0.3, -0.25) is 0 Å². The predicted octanol–water partition coefficient (Wildman–Crippen LogP) is 4.81. The summed E-state index contributed by atoms with van der Waals surface area (Å²) in [6, 6.07) is 15.2. The van der Waals surface area contributed by atoms with Crippen LogP contribution in [-0.4, -0.2) is 13.1 Å². The average molecular weight is 306 g/mol. The van der Waals surface area contributed by atoms with Crippen LogP contribution < -0.4 is 5.32 Å². The molecule has 21 heavy (non-hydrogen) atoms. The minimum absolute atomic E-state index is 0.210. The van der Waals surface area contributed by atoms with Crippen LogP contribution in [0.15, 0.2) is 48.5 Å². The van der Waals surface area contributed by atoms with Gasteiger partial charge in [0, 0.05) is 17.1 Å². The molecule has 0 fully saturated rings. The molecule has 0 radical (unpaired) electrons. The fourth-order valence-corrected chi connectivity index (χ4v) is 2.78. The van der Waals surface area contributed by atoms with Crippen LogP contribution in [0.5, 0.6) is 0 Å². The first-order chi connectivity index (χ1) is 10.2. The third-order valence-corrected chi connectivity index (χ3v) is 4.07. The highest BCUT2D eigenvalue weighted by atomic mass is 35.5. The summed E-state index contributed by atoms with van der Waals surface area (Å²) in [6.45, 7) is 3.92. The van der Waals surface area contributed by atoms with Gasteiger partial charge in [0.15, 0.2) is 0 Å². The van der Waals surface area contributed by atoms with Crippen molar-refractivity contribution in [3.05, 3.63) is 70.5 Å². The van der Waals surface area contributed by atoms with E-state index in [0.717, 1.165) is 19.5 Å². The fourth-order valence-electron chi connectivity index (χ4n) is 2.52. The molecule has 1 unspecified atom stereocenters. The molecule has 0 aliphatic heterocycles. The Hall–Kier alpha value is -1.38. The number of nitrogens with one attached hydrogen (secondary N) is 1. The highest BCUT2D eigenvalue weighted by Crippen LogP contribution is 2.26. The van der Waals surface area contributed by atoms with Crippen LogP contribution in [0.25, 0.3) is 0 Å². The molecule has 0 aliphatic rings. The van der Waals surface area contributed by atoms with Gasteiger partial charge in [0.25, 0.3) is 0 Å². The highest BCUT2D eigenvalue weighted by molar-refractivity contribution is 6.31. The maximum Gasteiger partial charge on any atom is 0.127 e. The summed E-state index contributed by atoms with van der Waals surface area (Å²) in [5.74, 6) is 0.152. The van der Waals surface area contributed by atoms with E-state index in [0.29, 0.717) is 22.9 Å². The summed E-state index contributed by atoms with van der Waals surface area (Å²) in [5.41, 5.74) is 1.91. The van der Waals surface area contributed by atoms with Crippen molar-refractivity contribution in [1.29, 1.82) is 0 Å². The number of likely N-dealkylation sites (N-methyl/N-ethyl adjacent to an activating group) is 1. The SMILES string of the molecule is CCNCC(CCc1c(F)cccc1Cl)c1ccccc1. The molecule has 2 aromatic carbocycles. The van der Waals surface area contributed by atoms with Gasteiger partial charge in [0.05, 0.1) is 0 Å². The van der Waals surface area contributed by atoms with Crippen molar-refractivity contribution in [3.63, 3.8) is 0 Å². The monoisotopic (exact) mass is 305 g/mol. The standard InChI is InChI=1S/C18H21ClFN/c1-2-21-13-15(14-7-4-3-5-8-14)11-12-16-17(19)9-6-10-18(16)20/h3-10,15,21H,2,11-13H2,1H3. The van der Waals surface area contributed by atoms with Crippen molar-refractivity contribution in [2.45, 2.75) is 25.7 Å². The minimum atomic E-state index is -0.210. The summed E-state index contributed by atoms with van der Waals surface area (Å²) in [6.07, 6.45) is 1.52. The van der Waals surface area contributed by atoms with E-state index in [1.807, 2.05) is 18.2 Å². The first-order valence-electron chi connectivity index (χ1n) is 7.41. The molecule has 1 nitrogen and oxygen atoms in total. The minimum Gasteiger partial charge on any atom is -0.316 e. The molecule has 2 aromatic rings. The van der Waals surface area contributed by atoms with Crippen LogP contribution in [0.4, 0.5) is 4.39 Å². The molecule has 112 valence electrons. The molecule has 0 saturated heterocycles. The zero-order chi connectivity index (χ0) is 15.1. The Balaban J connectivity index is 2.09. The molecule has 0 bridgehead atoms. The van der Waals surface area contributed by atoms with Gasteiger partial charge in [-0.15, -0.1) is 0 Å². The Morgan fingerprint density at radius 2 is 1.86 bits per heavy atom. The van der Waals surface area contributed by atoms with Gasteiger partial charge in [-0.25, -0.2) is 4.39 Å². The van der Waals surface area contributed by atoms with E-state index in [4.69, 9.17) is 11.6 Å². The normalized spacial score (nSPS) is 12.3. The first-order valence-corrected chi connectivity index (χ1v) is 7.78. The number of hydrogen-bond acceptors (Lipinski definition) is 1. The molecule has 1 atom stereocenters. The van der Waals surface area contributed by atoms with E-state index in [2.05, 4.69) is 24.4 Å². The van der Waals surface area contributed by atoms with Crippen molar-refractivity contribution in [3.8, 4) is 0 Å². The Bertz CT molecular complexity index is 536. The van der Waals surface area contributed by atoms with Gasteiger partial charge in [-0.1, -0.05) is 54.9 Å². The third-order valence-electron chi connectivity index (χ3n) is 3.72. The van der Waals surface area contributed by atoms with Crippen LogP contribution in [0, 0.1) is 5.82 Å². The predicted molar refractivity (Wildman–Crippen MR) is 87.5 cm³/mol. The molecule has 0 aliphatic carbocycles. The number of hydrogen-bond donors (Lipinski definition) is 1. The Morgan fingerprint density at radius 3 is 2.52 bits per heavy atom. The molecule has 0 heterocycles. The van der Waals surface area contributed by atoms with Crippen molar-refractivity contribution in [2.75, 3.05) is 13.1 Å². The lowest BCUT2D eigenvalue weighted by Crippen LogP contribution is -2.21. The van der Waals surface area contributed by atoms with Gasteiger partial charge < -0.3 is 5.32 Å². The van der Waals surface area contributed by atoms with Crippen LogP contribution in [-0.2, 0) is 6.42 Å². The quantitative estimate of drug-likeness (QED) is 0.774. The molecular weight excluding hydrogens is 285 g/mol. The van der Waals surface area contributed by atoms with E-state index < -0.39 is 0 Å². The summed E-state index contributed by atoms with van der Waals surface area (Å²) in [4.78, 5) is 0. The molecule has 3 heteroatoms. The average Bonchev–Trinajstić information content (AvgIpc) is 2.50. The molecule has 0 spiro atoms. The Kier molecular flexibility index (Phi) is 6.21. The first kappa shape index (κ1) is 16.0. The number of rotatable bonds is 7. The van der Waals surface area contributed by atoms with Crippen molar-refractivity contribution >= 4 is 11.6 Å². The second-order valence-electron chi connectivity index (χ2n) is 5.15. The summed E-state index contributed by atoms with van der Waals surface area (Å²) >= 11 is 6.11. The van der Waals surface area contributed by atoms with Gasteiger partial charge in [0.1, 0.15) is 5.82 Å². The molecule has 2 rings (SSSR count). The lowest BCUT2D eigenvalue weighted by molar-refractivity contribution is 0.547. The zero-order valence-electron chi connectivity index (χ0n) is 12.3. The van der Waals surface area contributed by atoms with E-state index >= 15 is 0 Å². The molecule has 1 N–H and O–H groups in total. The Morgan fingerprint density at radius 1 is 1.10 bits per heavy atom. The lowest BCUT2D eigenvalue weighted by Gasteiger charge is -2.18. The van der Waals surface area contributed by atoms with Crippen LogP contribution in [0.2, 0.25) is 5.02 Å². The lowest BCUT2D eigenvalue weighted by atomic mass is 9.92. The maximum atomic E-state index is 13.9. The largest absolute Gasteiger partial charge is 0.316 e. The molecular formula is C18H21ClFN. The highest BCUT2D eigenvalue weighted by Gasteiger charge is 2.14. The van der Waals surface area contributed by atoms with E-state index in [9.17, 15) is 4.39 Å². The summed E-state index contributed by atoms with van der Waals surface area (Å²) in [7, 11) is 0. The van der Waals surface area contributed by atoms with Crippen molar-refractivity contribution in [1.82, 2.24) is 5.32 Å². The molecule has 0 amide bonds. The van der Waals surface area contributed by atoms with Crippen LogP contribution in [0.3, 0.4) is 0 Å². The van der Waals surface area contributed by atoms with E-state index in [-0.39, 0.29) is 5.82 Å². The van der Waals surface area contributed by atoms with Gasteiger partial charge in [-0.2, -0.15) is 0 Å². The molecule has 0 saturated carbocycles.